The summed E-state index contributed by atoms with van der Waals surface area (Å²) in [7, 11) is -5.24. The van der Waals surface area contributed by atoms with E-state index in [1.165, 1.54) is 13.8 Å². The molecule has 2 heterocycles. The Labute approximate surface area is 154 Å². The van der Waals surface area contributed by atoms with E-state index in [9.17, 15) is 26.4 Å². The van der Waals surface area contributed by atoms with Gasteiger partial charge in [-0.3, -0.25) is 0 Å². The number of hydrogen-bond acceptors (Lipinski definition) is 9. The first-order valence-corrected chi connectivity index (χ1v) is 9.24. The van der Waals surface area contributed by atoms with Crippen molar-refractivity contribution in [3.63, 3.8) is 0 Å². The first-order chi connectivity index (χ1) is 12.1. The van der Waals surface area contributed by atoms with Crippen molar-refractivity contribution in [2.45, 2.75) is 69.2 Å². The van der Waals surface area contributed by atoms with E-state index in [0.717, 1.165) is 7.11 Å². The smallest absolute Gasteiger partial charge is 0.467 e. The highest BCUT2D eigenvalue weighted by atomic mass is 32.2. The summed E-state index contributed by atoms with van der Waals surface area (Å²) in [5.41, 5.74) is -5.74. The molecule has 2 saturated heterocycles. The van der Waals surface area contributed by atoms with Crippen molar-refractivity contribution in [2.24, 2.45) is 0 Å². The molecular formula is C14H21F3O9S. The molecule has 13 heteroatoms. The fourth-order valence-corrected chi connectivity index (χ4v) is 3.32. The minimum atomic E-state index is -6.11. The van der Waals surface area contributed by atoms with Gasteiger partial charge in [0.05, 0.1) is 13.7 Å². The topological polar surface area (TPSA) is 107 Å². The fraction of sp³-hybridized carbons (Fsp3) is 0.929. The molecule has 158 valence electrons. The van der Waals surface area contributed by atoms with Crippen LogP contribution in [0.5, 0.6) is 0 Å². The van der Waals surface area contributed by atoms with E-state index in [2.05, 4.69) is 8.92 Å². The van der Waals surface area contributed by atoms with Crippen LogP contribution >= 0.6 is 0 Å². The van der Waals surface area contributed by atoms with Crippen molar-refractivity contribution in [3.8, 4) is 0 Å². The van der Waals surface area contributed by atoms with Crippen LogP contribution in [0.15, 0.2) is 0 Å². The standard InChI is InChI=1S/C14H21F3O9S/c1-12(2)22-6-7(23-12)8-9(25-13(3,4)24-8)10(11(18)21-5)26-27(19,20)14(15,16)17/h7-10H,6H2,1-5H3/t7-,8-,9+,10+/m1/s1. The van der Waals surface area contributed by atoms with Crippen LogP contribution in [0.2, 0.25) is 0 Å². The summed E-state index contributed by atoms with van der Waals surface area (Å²) in [5, 5.41) is 0. The van der Waals surface area contributed by atoms with E-state index in [1.807, 2.05) is 0 Å². The molecular weight excluding hydrogens is 401 g/mol. The third-order valence-corrected chi connectivity index (χ3v) is 4.83. The second-order valence-electron chi connectivity index (χ2n) is 6.87. The van der Waals surface area contributed by atoms with Gasteiger partial charge in [-0.1, -0.05) is 0 Å². The summed E-state index contributed by atoms with van der Waals surface area (Å²) in [6.07, 6.45) is -5.83. The molecule has 4 atom stereocenters. The Bertz CT molecular complexity index is 674. The number of ether oxygens (including phenoxy) is 5. The molecule has 0 radical (unpaired) electrons. The van der Waals surface area contributed by atoms with Crippen LogP contribution in [0.3, 0.4) is 0 Å². The average molecular weight is 422 g/mol. The molecule has 0 aromatic rings. The van der Waals surface area contributed by atoms with Gasteiger partial charge in [0.2, 0.25) is 6.10 Å². The molecule has 2 aliphatic heterocycles. The van der Waals surface area contributed by atoms with Crippen LogP contribution in [0.4, 0.5) is 13.2 Å². The molecule has 0 amide bonds. The SMILES string of the molecule is COC(=O)[C@@H](OS(=O)(=O)C(F)(F)F)[C@H]1OC(C)(C)O[C@@H]1[C@H]1COC(C)(C)O1. The molecule has 2 rings (SSSR count). The molecule has 9 nitrogen and oxygen atoms in total. The van der Waals surface area contributed by atoms with Gasteiger partial charge in [-0.2, -0.15) is 21.6 Å². The van der Waals surface area contributed by atoms with Gasteiger partial charge < -0.3 is 23.7 Å². The van der Waals surface area contributed by atoms with E-state index in [-0.39, 0.29) is 6.61 Å². The lowest BCUT2D eigenvalue weighted by Gasteiger charge is -2.27. The molecule has 0 saturated carbocycles. The molecule has 0 N–H and O–H groups in total. The van der Waals surface area contributed by atoms with Crippen molar-refractivity contribution in [2.75, 3.05) is 13.7 Å². The number of rotatable bonds is 5. The van der Waals surface area contributed by atoms with Crippen LogP contribution in [0.1, 0.15) is 27.7 Å². The van der Waals surface area contributed by atoms with Gasteiger partial charge in [0, 0.05) is 0 Å². The molecule has 0 aromatic heterocycles. The molecule has 0 spiro atoms. The maximum Gasteiger partial charge on any atom is 0.523 e. The monoisotopic (exact) mass is 422 g/mol. The van der Waals surface area contributed by atoms with Crippen LogP contribution in [-0.4, -0.2) is 69.6 Å². The lowest BCUT2D eigenvalue weighted by atomic mass is 10.0. The van der Waals surface area contributed by atoms with Crippen LogP contribution in [0, 0.1) is 0 Å². The maximum atomic E-state index is 12.7. The van der Waals surface area contributed by atoms with Crippen molar-refractivity contribution < 1.29 is 54.3 Å². The fourth-order valence-electron chi connectivity index (χ4n) is 2.75. The highest BCUT2D eigenvalue weighted by Gasteiger charge is 2.58. The minimum absolute atomic E-state index is 0.0203. The van der Waals surface area contributed by atoms with E-state index < -0.39 is 57.6 Å². The summed E-state index contributed by atoms with van der Waals surface area (Å²) in [5.74, 6) is -3.74. The molecule has 2 fully saturated rings. The van der Waals surface area contributed by atoms with Crippen molar-refractivity contribution in [1.82, 2.24) is 0 Å². The Kier molecular flexibility index (Phi) is 5.88. The van der Waals surface area contributed by atoms with Gasteiger partial charge >= 0.3 is 21.6 Å². The van der Waals surface area contributed by atoms with E-state index in [1.54, 1.807) is 13.8 Å². The largest absolute Gasteiger partial charge is 0.523 e. The average Bonchev–Trinajstić information content (AvgIpc) is 3.01. The Balaban J connectivity index is 2.35. The number of esters is 1. The van der Waals surface area contributed by atoms with Crippen molar-refractivity contribution in [1.29, 1.82) is 0 Å². The summed E-state index contributed by atoms with van der Waals surface area (Å²) in [6.45, 7) is 6.06. The van der Waals surface area contributed by atoms with Gasteiger partial charge in [0.25, 0.3) is 0 Å². The van der Waals surface area contributed by atoms with E-state index >= 15 is 0 Å². The highest BCUT2D eigenvalue weighted by molar-refractivity contribution is 7.87. The first kappa shape index (κ1) is 22.3. The summed E-state index contributed by atoms with van der Waals surface area (Å²) < 4.78 is 91.6. The first-order valence-electron chi connectivity index (χ1n) is 7.83. The highest BCUT2D eigenvalue weighted by Crippen LogP contribution is 2.38. The Morgan fingerprint density at radius 1 is 1.11 bits per heavy atom. The predicted octanol–water partition coefficient (Wildman–Crippen LogP) is 1.07. The summed E-state index contributed by atoms with van der Waals surface area (Å²) in [4.78, 5) is 12.0. The number of carbonyl (C=O) groups excluding carboxylic acids is 1. The zero-order chi connectivity index (χ0) is 20.8. The Morgan fingerprint density at radius 3 is 2.15 bits per heavy atom. The minimum Gasteiger partial charge on any atom is -0.467 e. The predicted molar refractivity (Wildman–Crippen MR) is 80.6 cm³/mol. The molecule has 0 bridgehead atoms. The molecule has 0 unspecified atom stereocenters. The van der Waals surface area contributed by atoms with Gasteiger partial charge in [0.1, 0.15) is 18.3 Å². The quantitative estimate of drug-likeness (QED) is 0.365. The van der Waals surface area contributed by atoms with Crippen LogP contribution in [0.25, 0.3) is 0 Å². The van der Waals surface area contributed by atoms with Crippen LogP contribution in [-0.2, 0) is 42.8 Å². The number of methoxy groups -OCH3 is 1. The normalized spacial score (nSPS) is 31.6. The van der Waals surface area contributed by atoms with Gasteiger partial charge in [-0.15, -0.1) is 0 Å². The number of alkyl halides is 3. The Morgan fingerprint density at radius 2 is 1.70 bits per heavy atom. The van der Waals surface area contributed by atoms with Gasteiger partial charge in [0.15, 0.2) is 11.6 Å². The third-order valence-electron chi connectivity index (χ3n) is 3.81. The molecule has 2 aliphatic rings. The third kappa shape index (κ3) is 4.90. The second-order valence-corrected chi connectivity index (χ2v) is 8.44. The molecule has 0 aliphatic carbocycles. The van der Waals surface area contributed by atoms with E-state index in [0.29, 0.717) is 0 Å². The number of halogens is 3. The summed E-state index contributed by atoms with van der Waals surface area (Å²) in [6, 6.07) is 0. The zero-order valence-electron chi connectivity index (χ0n) is 15.2. The van der Waals surface area contributed by atoms with E-state index in [4.69, 9.17) is 18.9 Å². The van der Waals surface area contributed by atoms with Crippen molar-refractivity contribution in [3.05, 3.63) is 0 Å². The second kappa shape index (κ2) is 7.12. The number of hydrogen-bond donors (Lipinski definition) is 0. The van der Waals surface area contributed by atoms with Gasteiger partial charge in [-0.25, -0.2) is 8.98 Å². The number of carbonyl (C=O) groups is 1. The van der Waals surface area contributed by atoms with Crippen molar-refractivity contribution >= 4 is 16.1 Å². The van der Waals surface area contributed by atoms with Gasteiger partial charge in [-0.05, 0) is 27.7 Å². The van der Waals surface area contributed by atoms with Crippen LogP contribution < -0.4 is 0 Å². The Hall–Kier alpha value is -0.990. The lowest BCUT2D eigenvalue weighted by Crippen LogP contribution is -2.50. The molecule has 27 heavy (non-hydrogen) atoms. The molecule has 0 aromatic carbocycles. The summed E-state index contributed by atoms with van der Waals surface area (Å²) >= 11 is 0. The maximum absolute atomic E-state index is 12.7. The zero-order valence-corrected chi connectivity index (χ0v) is 16.0. The lowest BCUT2D eigenvalue weighted by molar-refractivity contribution is -0.176.